The average molecular weight is 376 g/mol. The number of aromatic nitrogens is 1. The second kappa shape index (κ2) is 4.37. The Labute approximate surface area is 112 Å². The molecule has 0 saturated carbocycles. The second-order valence-electron chi connectivity index (χ2n) is 3.57. The third-order valence-corrected chi connectivity index (χ3v) is 3.91. The highest BCUT2D eigenvalue weighted by atomic mass is 127. The quantitative estimate of drug-likeness (QED) is 0.670. The van der Waals surface area contributed by atoms with Crippen LogP contribution in [0.4, 0.5) is 0 Å². The first-order chi connectivity index (χ1) is 7.11. The van der Waals surface area contributed by atoms with Gasteiger partial charge in [-0.25, -0.2) is 0 Å². The largest absolute Gasteiger partial charge is 0.252 e. The first-order valence-corrected chi connectivity index (χ1v) is 6.74. The smallest absolute Gasteiger partial charge is 0.0857 e. The van der Waals surface area contributed by atoms with Crippen LogP contribution in [-0.2, 0) is 6.42 Å². The third kappa shape index (κ3) is 2.18. The summed E-state index contributed by atoms with van der Waals surface area (Å²) in [6.07, 6.45) is 1.05. The maximum Gasteiger partial charge on any atom is 0.0857 e. The van der Waals surface area contributed by atoms with Gasteiger partial charge in [-0.2, -0.15) is 0 Å². The fraction of sp³-hybridized carbons (Fsp3) is 0.250. The Morgan fingerprint density at radius 1 is 1.33 bits per heavy atom. The van der Waals surface area contributed by atoms with Gasteiger partial charge in [0.1, 0.15) is 0 Å². The Morgan fingerprint density at radius 2 is 2.07 bits per heavy atom. The molecule has 0 aliphatic carbocycles. The van der Waals surface area contributed by atoms with Gasteiger partial charge in [0.2, 0.25) is 0 Å². The van der Waals surface area contributed by atoms with Gasteiger partial charge in [-0.05, 0) is 75.6 Å². The Hall–Kier alpha value is -0.160. The van der Waals surface area contributed by atoms with E-state index in [-0.39, 0.29) is 0 Å². The lowest BCUT2D eigenvalue weighted by Crippen LogP contribution is -1.90. The van der Waals surface area contributed by atoms with Crippen LogP contribution >= 0.6 is 38.5 Å². The summed E-state index contributed by atoms with van der Waals surface area (Å²) in [5, 5.41) is 1.24. The highest BCUT2D eigenvalue weighted by Gasteiger charge is 2.06. The minimum Gasteiger partial charge on any atom is -0.252 e. The number of benzene rings is 1. The first-order valence-electron chi connectivity index (χ1n) is 4.87. The van der Waals surface area contributed by atoms with E-state index in [0.29, 0.717) is 0 Å². The van der Waals surface area contributed by atoms with E-state index in [1.54, 1.807) is 0 Å². The fourth-order valence-corrected chi connectivity index (χ4v) is 3.08. The maximum absolute atomic E-state index is 4.56. The number of rotatable bonds is 1. The van der Waals surface area contributed by atoms with Crippen molar-refractivity contribution < 1.29 is 0 Å². The Balaban J connectivity index is 2.85. The van der Waals surface area contributed by atoms with E-state index in [9.17, 15) is 0 Å². The summed E-state index contributed by atoms with van der Waals surface area (Å²) in [6, 6.07) is 6.51. The molecule has 2 rings (SSSR count). The average Bonchev–Trinajstić information content (AvgIpc) is 2.19. The molecule has 0 unspecified atom stereocenters. The van der Waals surface area contributed by atoms with E-state index in [2.05, 4.69) is 68.6 Å². The predicted molar refractivity (Wildman–Crippen MR) is 76.3 cm³/mol. The molecule has 0 atom stereocenters. The summed E-state index contributed by atoms with van der Waals surface area (Å²) in [7, 11) is 0. The van der Waals surface area contributed by atoms with Gasteiger partial charge in [-0.15, -0.1) is 0 Å². The summed E-state index contributed by atoms with van der Waals surface area (Å²) in [5.41, 5.74) is 3.48. The van der Waals surface area contributed by atoms with Crippen molar-refractivity contribution in [3.63, 3.8) is 0 Å². The molecule has 0 aliphatic heterocycles. The molecule has 1 heterocycles. The van der Waals surface area contributed by atoms with Gasteiger partial charge in [0.15, 0.2) is 0 Å². The van der Waals surface area contributed by atoms with Crippen molar-refractivity contribution >= 4 is 49.4 Å². The normalized spacial score (nSPS) is 10.9. The molecule has 0 bridgehead atoms. The SMILES string of the molecule is CCc1cc(Br)c2nc(C)cc(I)c2c1. The summed E-state index contributed by atoms with van der Waals surface area (Å²) in [4.78, 5) is 4.56. The van der Waals surface area contributed by atoms with Crippen molar-refractivity contribution in [2.45, 2.75) is 20.3 Å². The van der Waals surface area contributed by atoms with E-state index < -0.39 is 0 Å². The molecule has 1 aromatic heterocycles. The first kappa shape index (κ1) is 11.3. The van der Waals surface area contributed by atoms with Crippen molar-refractivity contribution in [3.8, 4) is 0 Å². The molecule has 0 amide bonds. The summed E-state index contributed by atoms with van der Waals surface area (Å²) < 4.78 is 2.37. The van der Waals surface area contributed by atoms with E-state index in [1.165, 1.54) is 14.5 Å². The van der Waals surface area contributed by atoms with Crippen LogP contribution in [0.1, 0.15) is 18.2 Å². The number of fused-ring (bicyclic) bond motifs is 1. The van der Waals surface area contributed by atoms with Crippen molar-refractivity contribution in [1.29, 1.82) is 0 Å². The Morgan fingerprint density at radius 3 is 2.73 bits per heavy atom. The van der Waals surface area contributed by atoms with Crippen LogP contribution in [0.3, 0.4) is 0 Å². The Bertz CT molecular complexity index is 523. The van der Waals surface area contributed by atoms with Gasteiger partial charge in [0.05, 0.1) is 5.52 Å². The molecule has 3 heteroatoms. The number of pyridine rings is 1. The molecule has 0 N–H and O–H groups in total. The third-order valence-electron chi connectivity index (χ3n) is 2.41. The van der Waals surface area contributed by atoms with Gasteiger partial charge in [-0.1, -0.05) is 6.92 Å². The van der Waals surface area contributed by atoms with E-state index in [1.807, 2.05) is 6.92 Å². The molecular weight excluding hydrogens is 365 g/mol. The van der Waals surface area contributed by atoms with Crippen LogP contribution in [0.25, 0.3) is 10.9 Å². The molecule has 0 radical (unpaired) electrons. The fourth-order valence-electron chi connectivity index (χ4n) is 1.62. The highest BCUT2D eigenvalue weighted by Crippen LogP contribution is 2.28. The van der Waals surface area contributed by atoms with E-state index in [4.69, 9.17) is 0 Å². The zero-order valence-corrected chi connectivity index (χ0v) is 12.4. The highest BCUT2D eigenvalue weighted by molar-refractivity contribution is 14.1. The summed E-state index contributed by atoms with van der Waals surface area (Å²) in [5.74, 6) is 0. The topological polar surface area (TPSA) is 12.9 Å². The van der Waals surface area contributed by atoms with Gasteiger partial charge < -0.3 is 0 Å². The predicted octanol–water partition coefficient (Wildman–Crippen LogP) is 4.47. The minimum absolute atomic E-state index is 1.05. The number of halogens is 2. The molecule has 1 aromatic carbocycles. The van der Waals surface area contributed by atoms with Gasteiger partial charge in [-0.3, -0.25) is 4.98 Å². The van der Waals surface area contributed by atoms with Crippen molar-refractivity contribution in [3.05, 3.63) is 37.5 Å². The molecule has 0 saturated heterocycles. The molecule has 78 valence electrons. The molecule has 0 fully saturated rings. The zero-order chi connectivity index (χ0) is 11.0. The van der Waals surface area contributed by atoms with Crippen LogP contribution in [0.15, 0.2) is 22.7 Å². The molecule has 15 heavy (non-hydrogen) atoms. The van der Waals surface area contributed by atoms with E-state index >= 15 is 0 Å². The van der Waals surface area contributed by atoms with Crippen LogP contribution in [0, 0.1) is 10.5 Å². The Kier molecular flexibility index (Phi) is 3.30. The van der Waals surface area contributed by atoms with Gasteiger partial charge >= 0.3 is 0 Å². The number of hydrogen-bond acceptors (Lipinski definition) is 1. The van der Waals surface area contributed by atoms with Gasteiger partial charge in [0, 0.05) is 19.1 Å². The number of aryl methyl sites for hydroxylation is 2. The number of hydrogen-bond donors (Lipinski definition) is 0. The van der Waals surface area contributed by atoms with Crippen LogP contribution < -0.4 is 0 Å². The molecule has 1 nitrogen and oxygen atoms in total. The minimum atomic E-state index is 1.05. The second-order valence-corrected chi connectivity index (χ2v) is 5.59. The molecular formula is C12H11BrIN. The lowest BCUT2D eigenvalue weighted by Gasteiger charge is -2.07. The monoisotopic (exact) mass is 375 g/mol. The standard InChI is InChI=1S/C12H11BrIN/c1-3-8-5-9-11(14)4-7(2)15-12(9)10(13)6-8/h4-6H,3H2,1-2H3. The summed E-state index contributed by atoms with van der Waals surface area (Å²) >= 11 is 5.96. The van der Waals surface area contributed by atoms with Crippen molar-refractivity contribution in [1.82, 2.24) is 4.98 Å². The van der Waals surface area contributed by atoms with Crippen LogP contribution in [0.5, 0.6) is 0 Å². The molecule has 0 spiro atoms. The van der Waals surface area contributed by atoms with Crippen molar-refractivity contribution in [2.24, 2.45) is 0 Å². The number of nitrogens with zero attached hydrogens (tertiary/aromatic N) is 1. The van der Waals surface area contributed by atoms with Crippen LogP contribution in [0.2, 0.25) is 0 Å². The lowest BCUT2D eigenvalue weighted by molar-refractivity contribution is 1.14. The van der Waals surface area contributed by atoms with E-state index in [0.717, 1.165) is 22.1 Å². The van der Waals surface area contributed by atoms with Crippen molar-refractivity contribution in [2.75, 3.05) is 0 Å². The van der Waals surface area contributed by atoms with Crippen LogP contribution in [-0.4, -0.2) is 4.98 Å². The maximum atomic E-state index is 4.56. The lowest BCUT2D eigenvalue weighted by atomic mass is 10.1. The molecule has 2 aromatic rings. The van der Waals surface area contributed by atoms with Gasteiger partial charge in [0.25, 0.3) is 0 Å². The molecule has 0 aliphatic rings. The zero-order valence-electron chi connectivity index (χ0n) is 8.64. The summed E-state index contributed by atoms with van der Waals surface area (Å²) in [6.45, 7) is 4.20.